The zero-order valence-corrected chi connectivity index (χ0v) is 10.7. The molecular weight excluding hydrogens is 261 g/mol. The molecule has 1 N–H and O–H groups in total. The van der Waals surface area contributed by atoms with E-state index in [9.17, 15) is 4.39 Å². The normalized spacial score (nSPS) is 9.13. The Balaban J connectivity index is 0.000000583. The first kappa shape index (κ1) is 14.3. The van der Waals surface area contributed by atoms with Crippen molar-refractivity contribution in [2.75, 3.05) is 7.05 Å². The predicted octanol–water partition coefficient (Wildman–Crippen LogP) is 2.82. The second-order valence-corrected chi connectivity index (χ2v) is 3.81. The summed E-state index contributed by atoms with van der Waals surface area (Å²) >= 11 is 3.14. The van der Waals surface area contributed by atoms with Crippen LogP contribution in [0.25, 0.3) is 0 Å². The van der Waals surface area contributed by atoms with E-state index in [4.69, 9.17) is 4.79 Å². The first-order valence-corrected chi connectivity index (χ1v) is 5.35. The molecule has 0 amide bonds. The first-order valence-electron chi connectivity index (χ1n) is 4.55. The minimum Gasteiger partial charge on any atom is -0.316 e. The summed E-state index contributed by atoms with van der Waals surface area (Å²) < 4.78 is 13.5. The number of halogens is 2. The van der Waals surface area contributed by atoms with Gasteiger partial charge in [-0.25, -0.2) is 4.39 Å². The average Bonchev–Trinajstić information content (AvgIpc) is 2.16. The highest BCUT2D eigenvalue weighted by molar-refractivity contribution is 9.10. The van der Waals surface area contributed by atoms with Crippen molar-refractivity contribution in [3.8, 4) is 0 Å². The molecule has 0 aliphatic rings. The summed E-state index contributed by atoms with van der Waals surface area (Å²) in [4.78, 5) is 8.81. The van der Waals surface area contributed by atoms with Gasteiger partial charge in [-0.2, -0.15) is 0 Å². The molecule has 0 atom stereocenters. The van der Waals surface area contributed by atoms with Crippen molar-refractivity contribution in [3.05, 3.63) is 33.5 Å². The molecule has 0 aromatic heterocycles. The summed E-state index contributed by atoms with van der Waals surface area (Å²) in [6, 6.07) is 3.35. The summed E-state index contributed by atoms with van der Waals surface area (Å²) in [6.45, 7) is 4.12. The molecule has 0 fully saturated rings. The van der Waals surface area contributed by atoms with E-state index in [0.29, 0.717) is 11.0 Å². The van der Waals surface area contributed by atoms with Gasteiger partial charge in [0.25, 0.3) is 0 Å². The molecule has 0 aliphatic carbocycles. The van der Waals surface area contributed by atoms with Crippen LogP contribution >= 0.6 is 15.9 Å². The molecule has 1 aromatic carbocycles. The largest absolute Gasteiger partial charge is 0.316 e. The summed E-state index contributed by atoms with van der Waals surface area (Å²) in [5, 5.41) is 2.99. The fourth-order valence-corrected chi connectivity index (χ4v) is 1.53. The van der Waals surface area contributed by atoms with Crippen LogP contribution in [-0.4, -0.2) is 13.3 Å². The summed E-state index contributed by atoms with van der Waals surface area (Å²) in [6.07, 6.45) is 0.750. The average molecular weight is 276 g/mol. The number of rotatable bonds is 2. The Morgan fingerprint density at radius 3 is 2.53 bits per heavy atom. The van der Waals surface area contributed by atoms with Crippen LogP contribution in [0.2, 0.25) is 0 Å². The topological polar surface area (TPSA) is 29.1 Å². The van der Waals surface area contributed by atoms with Gasteiger partial charge in [0, 0.05) is 6.54 Å². The van der Waals surface area contributed by atoms with Gasteiger partial charge < -0.3 is 10.1 Å². The van der Waals surface area contributed by atoms with Crippen molar-refractivity contribution in [2.45, 2.75) is 20.4 Å². The monoisotopic (exact) mass is 275 g/mol. The molecule has 0 radical (unpaired) electrons. The van der Waals surface area contributed by atoms with Crippen LogP contribution in [0.4, 0.5) is 4.39 Å². The van der Waals surface area contributed by atoms with Crippen LogP contribution in [0.3, 0.4) is 0 Å². The Kier molecular flexibility index (Phi) is 7.17. The second-order valence-electron chi connectivity index (χ2n) is 2.96. The number of benzene rings is 1. The van der Waals surface area contributed by atoms with Gasteiger partial charge in [0.05, 0.1) is 4.47 Å². The first-order chi connectivity index (χ1) is 7.06. The Morgan fingerprint density at radius 2 is 2.07 bits per heavy atom. The van der Waals surface area contributed by atoms with Crippen LogP contribution in [0.5, 0.6) is 0 Å². The lowest BCUT2D eigenvalue weighted by Gasteiger charge is -2.05. The highest BCUT2D eigenvalue weighted by Crippen LogP contribution is 2.20. The van der Waals surface area contributed by atoms with Gasteiger partial charge >= 0.3 is 0 Å². The lowest BCUT2D eigenvalue weighted by Crippen LogP contribution is -2.07. The lowest BCUT2D eigenvalue weighted by molar-refractivity contribution is -0.106. The van der Waals surface area contributed by atoms with Gasteiger partial charge in [-0.05, 0) is 60.1 Å². The van der Waals surface area contributed by atoms with Crippen molar-refractivity contribution in [1.82, 2.24) is 5.32 Å². The molecule has 0 aliphatic heterocycles. The Morgan fingerprint density at radius 1 is 1.53 bits per heavy atom. The van der Waals surface area contributed by atoms with Crippen molar-refractivity contribution >= 4 is 22.2 Å². The van der Waals surface area contributed by atoms with Crippen LogP contribution < -0.4 is 5.32 Å². The zero-order valence-electron chi connectivity index (χ0n) is 9.10. The number of aldehydes is 1. The van der Waals surface area contributed by atoms with Crippen LogP contribution in [0.1, 0.15) is 18.1 Å². The number of nitrogens with one attached hydrogen (secondary N) is 1. The van der Waals surface area contributed by atoms with E-state index in [-0.39, 0.29) is 5.82 Å². The maximum absolute atomic E-state index is 13.0. The van der Waals surface area contributed by atoms with Gasteiger partial charge in [-0.15, -0.1) is 0 Å². The molecule has 0 heterocycles. The molecule has 0 unspecified atom stereocenters. The number of carbonyl (C=O) groups excluding carboxylic acids is 1. The number of aryl methyl sites for hydroxylation is 1. The molecule has 84 valence electrons. The quantitative estimate of drug-likeness (QED) is 0.841. The maximum Gasteiger partial charge on any atom is 0.137 e. The van der Waals surface area contributed by atoms with Gasteiger partial charge in [0.2, 0.25) is 0 Å². The second kappa shape index (κ2) is 7.54. The molecule has 0 bridgehead atoms. The van der Waals surface area contributed by atoms with Crippen LogP contribution in [-0.2, 0) is 11.3 Å². The number of hydrogen-bond donors (Lipinski definition) is 1. The molecule has 15 heavy (non-hydrogen) atoms. The molecule has 1 aromatic rings. The highest BCUT2D eigenvalue weighted by Gasteiger charge is 2.03. The Hall–Kier alpha value is -0.740. The standard InChI is InChI=1S/C9H11BrFN.C2H4O/c1-6-3-8(10)9(11)4-7(6)5-12-2;1-2-3/h3-4,12H,5H2,1-2H3;2H,1H3. The van der Waals surface area contributed by atoms with E-state index in [1.807, 2.05) is 14.0 Å². The fraction of sp³-hybridized carbons (Fsp3) is 0.364. The molecule has 0 saturated carbocycles. The van der Waals surface area contributed by atoms with Gasteiger partial charge in [-0.1, -0.05) is 0 Å². The Labute approximate surface area is 98.0 Å². The third kappa shape index (κ3) is 5.04. The fourth-order valence-electron chi connectivity index (χ4n) is 1.07. The number of carbonyl (C=O) groups is 1. The molecule has 0 saturated heterocycles. The van der Waals surface area contributed by atoms with E-state index < -0.39 is 0 Å². The minimum absolute atomic E-state index is 0.203. The highest BCUT2D eigenvalue weighted by atomic mass is 79.9. The van der Waals surface area contributed by atoms with Crippen molar-refractivity contribution in [2.24, 2.45) is 0 Å². The van der Waals surface area contributed by atoms with Crippen LogP contribution in [0.15, 0.2) is 16.6 Å². The van der Waals surface area contributed by atoms with E-state index in [2.05, 4.69) is 21.2 Å². The smallest absolute Gasteiger partial charge is 0.137 e. The third-order valence-electron chi connectivity index (χ3n) is 1.75. The maximum atomic E-state index is 13.0. The predicted molar refractivity (Wildman–Crippen MR) is 63.3 cm³/mol. The molecule has 0 spiro atoms. The SMILES string of the molecule is CC=O.CNCc1cc(F)c(Br)cc1C. The van der Waals surface area contributed by atoms with Crippen LogP contribution in [0, 0.1) is 12.7 Å². The van der Waals surface area contributed by atoms with Gasteiger partial charge in [-0.3, -0.25) is 0 Å². The molecule has 2 nitrogen and oxygen atoms in total. The molecule has 1 rings (SSSR count). The summed E-state index contributed by atoms with van der Waals surface area (Å²) in [5.74, 6) is -0.203. The van der Waals surface area contributed by atoms with Gasteiger partial charge in [0.1, 0.15) is 12.1 Å². The van der Waals surface area contributed by atoms with E-state index in [1.165, 1.54) is 6.92 Å². The minimum atomic E-state index is -0.203. The van der Waals surface area contributed by atoms with E-state index >= 15 is 0 Å². The Bertz CT molecular complexity index is 329. The van der Waals surface area contributed by atoms with Crippen molar-refractivity contribution in [1.29, 1.82) is 0 Å². The van der Waals surface area contributed by atoms with Crippen molar-refractivity contribution in [3.63, 3.8) is 0 Å². The number of hydrogen-bond acceptors (Lipinski definition) is 2. The van der Waals surface area contributed by atoms with Gasteiger partial charge in [0.15, 0.2) is 0 Å². The molecular formula is C11H15BrFNO. The summed E-state index contributed by atoms with van der Waals surface area (Å²) in [5.41, 5.74) is 2.09. The lowest BCUT2D eigenvalue weighted by atomic mass is 10.1. The molecule has 4 heteroatoms. The summed E-state index contributed by atoms with van der Waals surface area (Å²) in [7, 11) is 1.85. The third-order valence-corrected chi connectivity index (χ3v) is 2.35. The zero-order chi connectivity index (χ0) is 11.8. The van der Waals surface area contributed by atoms with Crippen molar-refractivity contribution < 1.29 is 9.18 Å². The van der Waals surface area contributed by atoms with E-state index in [1.54, 1.807) is 12.1 Å². The van der Waals surface area contributed by atoms with E-state index in [0.717, 1.165) is 17.4 Å².